The minimum absolute atomic E-state index is 0.240. The Morgan fingerprint density at radius 2 is 1.93 bits per heavy atom. The number of anilines is 2. The van der Waals surface area contributed by atoms with Crippen LogP contribution in [0.25, 0.3) is 33.3 Å². The van der Waals surface area contributed by atoms with Gasteiger partial charge in [-0.05, 0) is 24.3 Å². The molecular formula is C21H21N5O3. The maximum absolute atomic E-state index is 12.9. The average molecular weight is 391 g/mol. The quantitative estimate of drug-likeness (QED) is 0.463. The lowest BCUT2D eigenvalue weighted by Crippen LogP contribution is -2.36. The number of hydrogen-bond acceptors (Lipinski definition) is 6. The molecule has 8 heteroatoms. The summed E-state index contributed by atoms with van der Waals surface area (Å²) >= 11 is 0. The number of aromatic amines is 2. The number of nitrogens with zero attached hydrogens (tertiary/aromatic N) is 2. The number of imidazole rings is 1. The summed E-state index contributed by atoms with van der Waals surface area (Å²) in [6.45, 7) is 3.16. The maximum Gasteiger partial charge on any atom is 0.261 e. The average Bonchev–Trinajstić information content (AvgIpc) is 3.17. The molecule has 0 spiro atoms. The number of fused-ring (bicyclic) bond motifs is 2. The lowest BCUT2D eigenvalue weighted by atomic mass is 10.1. The van der Waals surface area contributed by atoms with Gasteiger partial charge in [0.2, 0.25) is 0 Å². The summed E-state index contributed by atoms with van der Waals surface area (Å²) in [7, 11) is 1.52. The molecule has 4 aromatic rings. The second-order valence-corrected chi connectivity index (χ2v) is 6.94. The van der Waals surface area contributed by atoms with Crippen LogP contribution >= 0.6 is 0 Å². The Morgan fingerprint density at radius 1 is 1.10 bits per heavy atom. The zero-order valence-corrected chi connectivity index (χ0v) is 16.0. The molecule has 2 aromatic carbocycles. The van der Waals surface area contributed by atoms with Crippen molar-refractivity contribution in [3.8, 4) is 11.4 Å². The molecule has 29 heavy (non-hydrogen) atoms. The number of benzene rings is 2. The van der Waals surface area contributed by atoms with Crippen LogP contribution in [0, 0.1) is 0 Å². The molecular weight excluding hydrogens is 370 g/mol. The van der Waals surface area contributed by atoms with Crippen molar-refractivity contribution < 1.29 is 9.57 Å². The van der Waals surface area contributed by atoms with Crippen LogP contribution in [0.2, 0.25) is 0 Å². The lowest BCUT2D eigenvalue weighted by molar-refractivity contribution is 0.122. The number of hydrogen-bond donors (Lipinski definition) is 3. The summed E-state index contributed by atoms with van der Waals surface area (Å²) in [5.74, 6) is 0.491. The second kappa shape index (κ2) is 7.23. The first kappa shape index (κ1) is 17.7. The van der Waals surface area contributed by atoms with E-state index in [1.807, 2.05) is 36.4 Å². The second-order valence-electron chi connectivity index (χ2n) is 6.94. The third-order valence-corrected chi connectivity index (χ3v) is 5.21. The molecule has 3 heterocycles. The predicted molar refractivity (Wildman–Crippen MR) is 113 cm³/mol. The fourth-order valence-electron chi connectivity index (χ4n) is 3.81. The molecule has 0 atom stereocenters. The molecule has 0 saturated carbocycles. The fourth-order valence-corrected chi connectivity index (χ4v) is 3.81. The van der Waals surface area contributed by atoms with Crippen LogP contribution in [0.4, 0.5) is 11.4 Å². The molecule has 2 aromatic heterocycles. The molecule has 8 nitrogen and oxygen atoms in total. The number of ether oxygens (including phenoxy) is 1. The van der Waals surface area contributed by atoms with Crippen LogP contribution < -0.4 is 15.9 Å². The molecule has 0 radical (unpaired) electrons. The van der Waals surface area contributed by atoms with E-state index in [2.05, 4.69) is 26.4 Å². The Balaban J connectivity index is 1.65. The van der Waals surface area contributed by atoms with Gasteiger partial charge in [0.25, 0.3) is 5.56 Å². The molecule has 5 rings (SSSR count). The summed E-state index contributed by atoms with van der Waals surface area (Å²) in [4.78, 5) is 31.3. The molecule has 1 aliphatic heterocycles. The van der Waals surface area contributed by atoms with Gasteiger partial charge in [0.1, 0.15) is 11.4 Å². The van der Waals surface area contributed by atoms with E-state index in [0.29, 0.717) is 17.1 Å². The topological polar surface area (TPSA) is 95.3 Å². The minimum Gasteiger partial charge on any atom is -0.378 e. The SMILES string of the molecule is CONc1c(-c2nc3cc(N4CCOCC4)ccc3[nH]2)c(=O)[nH]c2ccccc12. The maximum atomic E-state index is 12.9. The van der Waals surface area contributed by atoms with E-state index in [9.17, 15) is 4.79 Å². The van der Waals surface area contributed by atoms with Crippen LogP contribution in [0.5, 0.6) is 0 Å². The van der Waals surface area contributed by atoms with Crippen LogP contribution in [-0.2, 0) is 9.57 Å². The number of morpholine rings is 1. The highest BCUT2D eigenvalue weighted by Crippen LogP contribution is 2.31. The van der Waals surface area contributed by atoms with Crippen molar-refractivity contribution in [2.45, 2.75) is 0 Å². The minimum atomic E-state index is -0.240. The largest absolute Gasteiger partial charge is 0.378 e. The standard InChI is InChI=1S/C21H21N5O3/c1-28-25-19-14-4-2-3-5-15(14)24-21(27)18(19)20-22-16-7-6-13(12-17(16)23-20)26-8-10-29-11-9-26/h2-7,12H,8-11H2,1H3,(H,22,23)(H2,24,25,27). The van der Waals surface area contributed by atoms with Crippen LogP contribution in [-0.4, -0.2) is 48.4 Å². The molecule has 1 saturated heterocycles. The summed E-state index contributed by atoms with van der Waals surface area (Å²) in [6, 6.07) is 13.7. The normalized spacial score (nSPS) is 14.6. The Bertz CT molecular complexity index is 1240. The van der Waals surface area contributed by atoms with Crippen molar-refractivity contribution in [3.63, 3.8) is 0 Å². The first-order valence-corrected chi connectivity index (χ1v) is 9.51. The highest BCUT2D eigenvalue weighted by Gasteiger charge is 2.19. The highest BCUT2D eigenvalue weighted by molar-refractivity contribution is 5.98. The van der Waals surface area contributed by atoms with Crippen LogP contribution in [0.1, 0.15) is 0 Å². The number of para-hydroxylation sites is 1. The van der Waals surface area contributed by atoms with Gasteiger partial charge in [0, 0.05) is 24.2 Å². The first-order valence-electron chi connectivity index (χ1n) is 9.51. The number of nitrogens with one attached hydrogen (secondary N) is 3. The van der Waals surface area contributed by atoms with E-state index < -0.39 is 0 Å². The van der Waals surface area contributed by atoms with Crippen molar-refractivity contribution in [2.24, 2.45) is 0 Å². The smallest absolute Gasteiger partial charge is 0.261 e. The summed E-state index contributed by atoms with van der Waals surface area (Å²) in [5, 5.41) is 0.846. The van der Waals surface area contributed by atoms with Crippen LogP contribution in [0.15, 0.2) is 47.3 Å². The predicted octanol–water partition coefficient (Wildman–Crippen LogP) is 2.88. The number of H-pyrrole nitrogens is 2. The summed E-state index contributed by atoms with van der Waals surface area (Å²) in [6.07, 6.45) is 0. The number of pyridine rings is 1. The fraction of sp³-hybridized carbons (Fsp3) is 0.238. The Hall–Kier alpha value is -3.36. The van der Waals surface area contributed by atoms with Gasteiger partial charge >= 0.3 is 0 Å². The number of aromatic nitrogens is 3. The molecule has 3 N–H and O–H groups in total. The highest BCUT2D eigenvalue weighted by atomic mass is 16.6. The van der Waals surface area contributed by atoms with Crippen molar-refractivity contribution in [2.75, 3.05) is 43.8 Å². The van der Waals surface area contributed by atoms with Crippen molar-refractivity contribution in [1.29, 1.82) is 0 Å². The third kappa shape index (κ3) is 3.12. The third-order valence-electron chi connectivity index (χ3n) is 5.21. The van der Waals surface area contributed by atoms with Crippen molar-refractivity contribution >= 4 is 33.3 Å². The van der Waals surface area contributed by atoms with Crippen molar-refractivity contribution in [3.05, 3.63) is 52.8 Å². The van der Waals surface area contributed by atoms with E-state index in [4.69, 9.17) is 14.6 Å². The summed E-state index contributed by atoms with van der Waals surface area (Å²) < 4.78 is 5.43. The summed E-state index contributed by atoms with van der Waals surface area (Å²) in [5.41, 5.74) is 7.12. The Labute approximate surface area is 166 Å². The number of rotatable bonds is 4. The molecule has 0 unspecified atom stereocenters. The Kier molecular flexibility index (Phi) is 4.42. The molecule has 0 aliphatic carbocycles. The molecule has 0 amide bonds. The van der Waals surface area contributed by atoms with E-state index in [1.165, 1.54) is 7.11 Å². The van der Waals surface area contributed by atoms with E-state index in [0.717, 1.165) is 53.9 Å². The van der Waals surface area contributed by atoms with Gasteiger partial charge in [-0.25, -0.2) is 4.98 Å². The zero-order chi connectivity index (χ0) is 19.8. The van der Waals surface area contributed by atoms with Gasteiger partial charge in [-0.3, -0.25) is 15.1 Å². The molecule has 148 valence electrons. The van der Waals surface area contributed by atoms with E-state index in [-0.39, 0.29) is 5.56 Å². The molecule has 1 fully saturated rings. The van der Waals surface area contributed by atoms with E-state index in [1.54, 1.807) is 0 Å². The first-order chi connectivity index (χ1) is 14.2. The van der Waals surface area contributed by atoms with Crippen LogP contribution in [0.3, 0.4) is 0 Å². The van der Waals surface area contributed by atoms with Gasteiger partial charge < -0.3 is 19.6 Å². The molecule has 0 bridgehead atoms. The Morgan fingerprint density at radius 3 is 2.76 bits per heavy atom. The molecule has 1 aliphatic rings. The lowest BCUT2D eigenvalue weighted by Gasteiger charge is -2.28. The van der Waals surface area contributed by atoms with Crippen molar-refractivity contribution in [1.82, 2.24) is 15.0 Å². The zero-order valence-electron chi connectivity index (χ0n) is 16.0. The van der Waals surface area contributed by atoms with E-state index >= 15 is 0 Å². The van der Waals surface area contributed by atoms with Gasteiger partial charge in [-0.15, -0.1) is 0 Å². The van der Waals surface area contributed by atoms with Gasteiger partial charge in [-0.1, -0.05) is 18.2 Å². The van der Waals surface area contributed by atoms with Gasteiger partial charge in [-0.2, -0.15) is 0 Å². The van der Waals surface area contributed by atoms with Gasteiger partial charge in [0.05, 0.1) is 42.6 Å². The van der Waals surface area contributed by atoms with Gasteiger partial charge in [0.15, 0.2) is 0 Å². The monoisotopic (exact) mass is 391 g/mol.